The SMILES string of the molecule is [B]Cc1coc2ccccc12. The molecule has 0 saturated carbocycles. The molecule has 2 radical (unpaired) electrons. The van der Waals surface area contributed by atoms with E-state index in [4.69, 9.17) is 12.3 Å². The summed E-state index contributed by atoms with van der Waals surface area (Å²) in [6.45, 7) is 0. The predicted molar refractivity (Wildman–Crippen MR) is 45.7 cm³/mol. The first-order valence-corrected chi connectivity index (χ1v) is 3.57. The number of hydrogen-bond donors (Lipinski definition) is 0. The second kappa shape index (κ2) is 2.46. The Morgan fingerprint density at radius 2 is 2.09 bits per heavy atom. The van der Waals surface area contributed by atoms with Gasteiger partial charge in [-0.05, 0) is 11.6 Å². The highest BCUT2D eigenvalue weighted by atomic mass is 16.3. The number of fused-ring (bicyclic) bond motifs is 1. The Morgan fingerprint density at radius 3 is 2.91 bits per heavy atom. The largest absolute Gasteiger partial charge is 0.464 e. The van der Waals surface area contributed by atoms with Crippen LogP contribution in [-0.2, 0) is 6.32 Å². The summed E-state index contributed by atoms with van der Waals surface area (Å²) in [5, 5.41) is 1.12. The maximum Gasteiger partial charge on any atom is 0.134 e. The van der Waals surface area contributed by atoms with Crippen molar-refractivity contribution in [3.05, 3.63) is 36.1 Å². The zero-order valence-electron chi connectivity index (χ0n) is 6.08. The Kier molecular flexibility index (Phi) is 1.46. The van der Waals surface area contributed by atoms with E-state index in [1.165, 1.54) is 0 Å². The summed E-state index contributed by atoms with van der Waals surface area (Å²) in [6.07, 6.45) is 2.25. The van der Waals surface area contributed by atoms with E-state index in [1.807, 2.05) is 24.3 Å². The summed E-state index contributed by atoms with van der Waals surface area (Å²) in [5.41, 5.74) is 1.98. The van der Waals surface area contributed by atoms with Crippen molar-refractivity contribution in [2.75, 3.05) is 0 Å². The minimum absolute atomic E-state index is 0.539. The first-order chi connectivity index (χ1) is 5.42. The molecule has 2 heteroatoms. The van der Waals surface area contributed by atoms with Crippen LogP contribution >= 0.6 is 0 Å². The summed E-state index contributed by atoms with van der Waals surface area (Å²) in [5.74, 6) is 0. The van der Waals surface area contributed by atoms with Gasteiger partial charge in [-0.25, -0.2) is 0 Å². The minimum Gasteiger partial charge on any atom is -0.464 e. The molecule has 0 aliphatic rings. The molecule has 0 fully saturated rings. The fourth-order valence-electron chi connectivity index (χ4n) is 1.19. The van der Waals surface area contributed by atoms with E-state index in [9.17, 15) is 0 Å². The molecule has 0 bridgehead atoms. The quantitative estimate of drug-likeness (QED) is 0.555. The van der Waals surface area contributed by atoms with Gasteiger partial charge in [0.25, 0.3) is 0 Å². The van der Waals surface area contributed by atoms with Crippen LogP contribution in [0.1, 0.15) is 5.56 Å². The standard InChI is InChI=1S/C9H7BO/c10-5-7-6-11-9-4-2-1-3-8(7)9/h1-4,6H,5H2. The summed E-state index contributed by atoms with van der Waals surface area (Å²) in [4.78, 5) is 0. The molecule has 0 aliphatic heterocycles. The van der Waals surface area contributed by atoms with Crippen molar-refractivity contribution in [2.45, 2.75) is 6.32 Å². The van der Waals surface area contributed by atoms with Crippen molar-refractivity contribution in [3.8, 4) is 0 Å². The van der Waals surface area contributed by atoms with Gasteiger partial charge in [0.2, 0.25) is 0 Å². The highest BCUT2D eigenvalue weighted by Gasteiger charge is 2.00. The van der Waals surface area contributed by atoms with Crippen LogP contribution in [0.2, 0.25) is 0 Å². The normalized spacial score (nSPS) is 10.5. The van der Waals surface area contributed by atoms with Crippen LogP contribution in [0.5, 0.6) is 0 Å². The molecule has 1 aromatic carbocycles. The van der Waals surface area contributed by atoms with Gasteiger partial charge in [-0.15, -0.1) is 0 Å². The molecule has 2 aromatic rings. The van der Waals surface area contributed by atoms with Gasteiger partial charge in [0.05, 0.1) is 14.1 Å². The van der Waals surface area contributed by atoms with Gasteiger partial charge in [-0.1, -0.05) is 24.5 Å². The molecule has 52 valence electrons. The van der Waals surface area contributed by atoms with E-state index in [-0.39, 0.29) is 0 Å². The first-order valence-electron chi connectivity index (χ1n) is 3.57. The fourth-order valence-corrected chi connectivity index (χ4v) is 1.19. The lowest BCUT2D eigenvalue weighted by Gasteiger charge is -1.88. The van der Waals surface area contributed by atoms with Gasteiger partial charge in [0, 0.05) is 5.39 Å². The molecule has 1 heterocycles. The van der Waals surface area contributed by atoms with Crippen LogP contribution in [0.3, 0.4) is 0 Å². The molecule has 0 saturated heterocycles. The predicted octanol–water partition coefficient (Wildman–Crippen LogP) is 2.10. The highest BCUT2D eigenvalue weighted by molar-refractivity contribution is 6.09. The van der Waals surface area contributed by atoms with Gasteiger partial charge >= 0.3 is 0 Å². The number of furan rings is 1. The lowest BCUT2D eigenvalue weighted by Crippen LogP contribution is -1.78. The average molecular weight is 142 g/mol. The van der Waals surface area contributed by atoms with Gasteiger partial charge in [-0.3, -0.25) is 0 Å². The van der Waals surface area contributed by atoms with Gasteiger partial charge < -0.3 is 4.42 Å². The van der Waals surface area contributed by atoms with Gasteiger partial charge in [-0.2, -0.15) is 0 Å². The molecule has 0 aliphatic carbocycles. The van der Waals surface area contributed by atoms with Crippen molar-refractivity contribution >= 4 is 18.8 Å². The van der Waals surface area contributed by atoms with E-state index in [2.05, 4.69) is 0 Å². The molecule has 1 aromatic heterocycles. The number of benzene rings is 1. The summed E-state index contributed by atoms with van der Waals surface area (Å²) >= 11 is 0. The smallest absolute Gasteiger partial charge is 0.134 e. The third-order valence-corrected chi connectivity index (χ3v) is 1.78. The molecule has 0 unspecified atom stereocenters. The second-order valence-corrected chi connectivity index (χ2v) is 2.46. The van der Waals surface area contributed by atoms with Crippen molar-refractivity contribution in [1.82, 2.24) is 0 Å². The van der Waals surface area contributed by atoms with Gasteiger partial charge in [0.1, 0.15) is 5.58 Å². The Bertz CT molecular complexity index is 364. The molecule has 0 spiro atoms. The molecule has 0 atom stereocenters. The Balaban J connectivity index is 2.76. The van der Waals surface area contributed by atoms with E-state index in [0.717, 1.165) is 16.5 Å². The van der Waals surface area contributed by atoms with Crippen LogP contribution in [-0.4, -0.2) is 7.85 Å². The van der Waals surface area contributed by atoms with Crippen LogP contribution in [0.25, 0.3) is 11.0 Å². The van der Waals surface area contributed by atoms with Crippen molar-refractivity contribution < 1.29 is 4.42 Å². The summed E-state index contributed by atoms with van der Waals surface area (Å²) in [7, 11) is 5.50. The van der Waals surface area contributed by atoms with Crippen molar-refractivity contribution in [2.24, 2.45) is 0 Å². The number of para-hydroxylation sites is 1. The lowest BCUT2D eigenvalue weighted by atomic mass is 9.97. The fraction of sp³-hybridized carbons (Fsp3) is 0.111. The summed E-state index contributed by atoms with van der Waals surface area (Å²) < 4.78 is 5.26. The summed E-state index contributed by atoms with van der Waals surface area (Å²) in [6, 6.07) is 7.89. The van der Waals surface area contributed by atoms with E-state index in [1.54, 1.807) is 6.26 Å². The van der Waals surface area contributed by atoms with Crippen LogP contribution in [0, 0.1) is 0 Å². The maximum absolute atomic E-state index is 5.50. The number of hydrogen-bond acceptors (Lipinski definition) is 1. The van der Waals surface area contributed by atoms with E-state index in [0.29, 0.717) is 6.32 Å². The topological polar surface area (TPSA) is 13.1 Å². The molecule has 1 nitrogen and oxygen atoms in total. The molecule has 0 amide bonds. The van der Waals surface area contributed by atoms with Gasteiger partial charge in [0.15, 0.2) is 0 Å². The zero-order valence-corrected chi connectivity index (χ0v) is 6.08. The average Bonchev–Trinajstić information content (AvgIpc) is 2.47. The van der Waals surface area contributed by atoms with Crippen molar-refractivity contribution in [3.63, 3.8) is 0 Å². The van der Waals surface area contributed by atoms with E-state index < -0.39 is 0 Å². The molecule has 2 rings (SSSR count). The molecule has 0 N–H and O–H groups in total. The van der Waals surface area contributed by atoms with Crippen LogP contribution < -0.4 is 0 Å². The molecular formula is C9H7BO. The highest BCUT2D eigenvalue weighted by Crippen LogP contribution is 2.19. The molecule has 11 heavy (non-hydrogen) atoms. The third-order valence-electron chi connectivity index (χ3n) is 1.78. The minimum atomic E-state index is 0.539. The second-order valence-electron chi connectivity index (χ2n) is 2.46. The maximum atomic E-state index is 5.50. The van der Waals surface area contributed by atoms with Crippen molar-refractivity contribution in [1.29, 1.82) is 0 Å². The monoisotopic (exact) mass is 142 g/mol. The molecular weight excluding hydrogens is 135 g/mol. The van der Waals surface area contributed by atoms with E-state index >= 15 is 0 Å². The lowest BCUT2D eigenvalue weighted by molar-refractivity contribution is 0.612. The Morgan fingerprint density at radius 1 is 1.27 bits per heavy atom. The Hall–Kier alpha value is -1.18. The van der Waals surface area contributed by atoms with Crippen LogP contribution in [0.4, 0.5) is 0 Å². The van der Waals surface area contributed by atoms with Crippen LogP contribution in [0.15, 0.2) is 34.9 Å². The third kappa shape index (κ3) is 0.948. The first kappa shape index (κ1) is 6.53. The number of rotatable bonds is 1. The Labute approximate surface area is 66.4 Å². The zero-order chi connectivity index (χ0) is 7.68.